The van der Waals surface area contributed by atoms with E-state index in [-0.39, 0.29) is 6.10 Å². The number of hydrogen-bond donors (Lipinski definition) is 2. The summed E-state index contributed by atoms with van der Waals surface area (Å²) in [6, 6.07) is 7.76. The molecule has 0 unspecified atom stereocenters. The molecule has 0 radical (unpaired) electrons. The Morgan fingerprint density at radius 3 is 3.08 bits per heavy atom. The molecule has 0 saturated heterocycles. The van der Waals surface area contributed by atoms with E-state index in [0.29, 0.717) is 0 Å². The van der Waals surface area contributed by atoms with E-state index in [1.165, 1.54) is 0 Å². The third-order valence-corrected chi connectivity index (χ3v) is 2.29. The fourth-order valence-electron chi connectivity index (χ4n) is 1.67. The van der Waals surface area contributed by atoms with Crippen molar-refractivity contribution in [2.45, 2.75) is 6.10 Å². The van der Waals surface area contributed by atoms with E-state index in [1.54, 1.807) is 0 Å². The topological polar surface area (TPSA) is 41.5 Å². The van der Waals surface area contributed by atoms with E-state index in [4.69, 9.17) is 4.65 Å². The number of nitrogens with one attached hydrogen (secondary N) is 1. The van der Waals surface area contributed by atoms with E-state index >= 15 is 0 Å². The minimum absolute atomic E-state index is 0.0174. The van der Waals surface area contributed by atoms with Crippen LogP contribution in [0, 0.1) is 0 Å². The summed E-state index contributed by atoms with van der Waals surface area (Å²) in [5.74, 6) is 0. The van der Waals surface area contributed by atoms with Crippen LogP contribution in [-0.4, -0.2) is 25.7 Å². The molecule has 0 fully saturated rings. The summed E-state index contributed by atoms with van der Waals surface area (Å²) in [5, 5.41) is 12.6. The Labute approximate surface area is 77.9 Å². The first kappa shape index (κ1) is 8.75. The highest BCUT2D eigenvalue weighted by atomic mass is 16.5. The Bertz CT molecular complexity index is 305. The van der Waals surface area contributed by atoms with Gasteiger partial charge in [0.2, 0.25) is 0 Å². The van der Waals surface area contributed by atoms with Crippen LogP contribution in [0.1, 0.15) is 11.7 Å². The van der Waals surface area contributed by atoms with Crippen LogP contribution in [0.5, 0.6) is 0 Å². The van der Waals surface area contributed by atoms with Crippen molar-refractivity contribution in [1.82, 2.24) is 5.32 Å². The van der Waals surface area contributed by atoms with E-state index in [2.05, 4.69) is 5.32 Å². The second-order valence-corrected chi connectivity index (χ2v) is 3.16. The molecule has 13 heavy (non-hydrogen) atoms. The first-order valence-corrected chi connectivity index (χ1v) is 4.40. The SMILES string of the molecule is CNC[C@@H]1OB(O)c2ccccc21. The van der Waals surface area contributed by atoms with Crippen LogP contribution in [0.2, 0.25) is 0 Å². The maximum absolute atomic E-state index is 9.53. The molecule has 1 heterocycles. The van der Waals surface area contributed by atoms with Crippen molar-refractivity contribution in [1.29, 1.82) is 0 Å². The fraction of sp³-hybridized carbons (Fsp3) is 0.333. The third-order valence-electron chi connectivity index (χ3n) is 2.29. The highest BCUT2D eigenvalue weighted by molar-refractivity contribution is 6.61. The molecule has 0 amide bonds. The van der Waals surface area contributed by atoms with Crippen LogP contribution >= 0.6 is 0 Å². The normalized spacial score (nSPS) is 20.5. The third kappa shape index (κ3) is 1.48. The average molecular weight is 177 g/mol. The van der Waals surface area contributed by atoms with Gasteiger partial charge in [-0.15, -0.1) is 0 Å². The summed E-state index contributed by atoms with van der Waals surface area (Å²) < 4.78 is 5.37. The molecule has 0 aromatic heterocycles. The molecule has 4 heteroatoms. The van der Waals surface area contributed by atoms with Crippen molar-refractivity contribution >= 4 is 12.6 Å². The zero-order valence-corrected chi connectivity index (χ0v) is 7.53. The zero-order valence-electron chi connectivity index (χ0n) is 7.53. The highest BCUT2D eigenvalue weighted by Gasteiger charge is 2.33. The van der Waals surface area contributed by atoms with Crippen LogP contribution in [0.15, 0.2) is 24.3 Å². The van der Waals surface area contributed by atoms with Crippen molar-refractivity contribution in [3.63, 3.8) is 0 Å². The predicted molar refractivity (Wildman–Crippen MR) is 51.8 cm³/mol. The second kappa shape index (κ2) is 3.50. The maximum Gasteiger partial charge on any atom is 0.492 e. The molecular formula is C9H12BNO2. The van der Waals surface area contributed by atoms with Crippen molar-refractivity contribution in [3.8, 4) is 0 Å². The molecule has 2 N–H and O–H groups in total. The molecule has 0 spiro atoms. The Balaban J connectivity index is 2.30. The quantitative estimate of drug-likeness (QED) is 0.607. The predicted octanol–water partition coefficient (Wildman–Crippen LogP) is -0.335. The fourth-order valence-corrected chi connectivity index (χ4v) is 1.67. The Morgan fingerprint density at radius 2 is 2.31 bits per heavy atom. The van der Waals surface area contributed by atoms with Gasteiger partial charge in [-0.2, -0.15) is 0 Å². The molecule has 1 aromatic rings. The molecule has 1 atom stereocenters. The van der Waals surface area contributed by atoms with Crippen LogP contribution in [0.3, 0.4) is 0 Å². The smallest absolute Gasteiger partial charge is 0.423 e. The van der Waals surface area contributed by atoms with Gasteiger partial charge in [0.25, 0.3) is 0 Å². The van der Waals surface area contributed by atoms with Crippen LogP contribution in [-0.2, 0) is 4.65 Å². The lowest BCUT2D eigenvalue weighted by Crippen LogP contribution is -2.27. The molecule has 1 aliphatic rings. The van der Waals surface area contributed by atoms with Crippen molar-refractivity contribution < 1.29 is 9.68 Å². The van der Waals surface area contributed by atoms with E-state index in [0.717, 1.165) is 17.6 Å². The van der Waals surface area contributed by atoms with Crippen molar-refractivity contribution in [2.24, 2.45) is 0 Å². The van der Waals surface area contributed by atoms with Crippen molar-refractivity contribution in [3.05, 3.63) is 29.8 Å². The summed E-state index contributed by atoms with van der Waals surface area (Å²) in [4.78, 5) is 0. The van der Waals surface area contributed by atoms with E-state index in [1.807, 2.05) is 31.3 Å². The molecule has 0 aliphatic carbocycles. The monoisotopic (exact) mass is 177 g/mol. The van der Waals surface area contributed by atoms with Gasteiger partial charge in [0.15, 0.2) is 0 Å². The average Bonchev–Trinajstić information content (AvgIpc) is 2.46. The lowest BCUT2D eigenvalue weighted by atomic mass is 9.79. The van der Waals surface area contributed by atoms with Crippen LogP contribution < -0.4 is 10.8 Å². The van der Waals surface area contributed by atoms with Gasteiger partial charge in [0.1, 0.15) is 0 Å². The maximum atomic E-state index is 9.53. The summed E-state index contributed by atoms with van der Waals surface area (Å²) in [7, 11) is 1.12. The standard InChI is InChI=1S/C9H12BNO2/c1-11-6-9-7-4-2-3-5-8(7)10(12)13-9/h2-5,9,11-12H,6H2,1H3/t9-/m0/s1. The van der Waals surface area contributed by atoms with Crippen molar-refractivity contribution in [2.75, 3.05) is 13.6 Å². The zero-order chi connectivity index (χ0) is 9.26. The summed E-state index contributed by atoms with van der Waals surface area (Å²) >= 11 is 0. The van der Waals surface area contributed by atoms with Gasteiger partial charge >= 0.3 is 7.12 Å². The van der Waals surface area contributed by atoms with Gasteiger partial charge in [-0.1, -0.05) is 24.3 Å². The molecule has 1 aliphatic heterocycles. The van der Waals surface area contributed by atoms with E-state index in [9.17, 15) is 5.02 Å². The Hall–Kier alpha value is -0.835. The largest absolute Gasteiger partial charge is 0.492 e. The van der Waals surface area contributed by atoms with Gasteiger partial charge < -0.3 is 15.0 Å². The first-order chi connectivity index (χ1) is 6.33. The lowest BCUT2D eigenvalue weighted by Gasteiger charge is -2.10. The number of rotatable bonds is 2. The molecule has 0 bridgehead atoms. The molecular weight excluding hydrogens is 165 g/mol. The summed E-state index contributed by atoms with van der Waals surface area (Å²) in [6.07, 6.45) is -0.0174. The molecule has 2 rings (SSSR count). The Morgan fingerprint density at radius 1 is 1.54 bits per heavy atom. The number of benzene rings is 1. The minimum atomic E-state index is -0.755. The number of fused-ring (bicyclic) bond motifs is 1. The van der Waals surface area contributed by atoms with Gasteiger partial charge in [0, 0.05) is 6.54 Å². The lowest BCUT2D eigenvalue weighted by molar-refractivity contribution is 0.190. The van der Waals surface area contributed by atoms with Crippen LogP contribution in [0.25, 0.3) is 0 Å². The Kier molecular flexibility index (Phi) is 2.35. The van der Waals surface area contributed by atoms with Gasteiger partial charge in [-0.3, -0.25) is 0 Å². The minimum Gasteiger partial charge on any atom is -0.423 e. The van der Waals surface area contributed by atoms with E-state index < -0.39 is 7.12 Å². The van der Waals surface area contributed by atoms with Crippen LogP contribution in [0.4, 0.5) is 0 Å². The number of likely N-dealkylation sites (N-methyl/N-ethyl adjacent to an activating group) is 1. The first-order valence-electron chi connectivity index (χ1n) is 4.40. The molecule has 3 nitrogen and oxygen atoms in total. The summed E-state index contributed by atoms with van der Waals surface area (Å²) in [6.45, 7) is 0.730. The van der Waals surface area contributed by atoms with Gasteiger partial charge in [-0.25, -0.2) is 0 Å². The molecule has 68 valence electrons. The molecule has 0 saturated carbocycles. The summed E-state index contributed by atoms with van der Waals surface area (Å²) in [5.41, 5.74) is 1.98. The molecule has 1 aromatic carbocycles. The second-order valence-electron chi connectivity index (χ2n) is 3.16. The number of hydrogen-bond acceptors (Lipinski definition) is 3. The van der Waals surface area contributed by atoms with Gasteiger partial charge in [0.05, 0.1) is 6.10 Å². The van der Waals surface area contributed by atoms with Gasteiger partial charge in [-0.05, 0) is 18.1 Å². The highest BCUT2D eigenvalue weighted by Crippen LogP contribution is 2.21.